The van der Waals surface area contributed by atoms with E-state index in [-0.39, 0.29) is 5.91 Å². The van der Waals surface area contributed by atoms with Crippen LogP contribution in [0.25, 0.3) is 6.08 Å². The Morgan fingerprint density at radius 3 is 2.94 bits per heavy atom. The summed E-state index contributed by atoms with van der Waals surface area (Å²) in [6, 6.07) is 3.32. The van der Waals surface area contributed by atoms with Crippen molar-refractivity contribution in [3.8, 4) is 0 Å². The van der Waals surface area contributed by atoms with Crippen molar-refractivity contribution in [3.63, 3.8) is 0 Å². The number of pyridine rings is 1. The molecule has 0 saturated heterocycles. The van der Waals surface area contributed by atoms with E-state index in [0.717, 1.165) is 18.9 Å². The molecule has 0 bridgehead atoms. The molecule has 1 aliphatic rings. The summed E-state index contributed by atoms with van der Waals surface area (Å²) in [5.74, 6) is -0.0660. The zero-order chi connectivity index (χ0) is 13.0. The Bertz CT molecular complexity index is 493. The average Bonchev–Trinajstić information content (AvgIpc) is 3.10. The molecule has 1 amide bonds. The fourth-order valence-electron chi connectivity index (χ4n) is 1.56. The number of hydrogen-bond acceptors (Lipinski definition) is 3. The van der Waals surface area contributed by atoms with Gasteiger partial charge in [0, 0.05) is 18.7 Å². The number of carbonyl (C=O) groups is 2. The summed E-state index contributed by atoms with van der Waals surface area (Å²) in [7, 11) is 0. The van der Waals surface area contributed by atoms with Gasteiger partial charge in [0.1, 0.15) is 5.82 Å². The largest absolute Gasteiger partial charge is 0.478 e. The minimum absolute atomic E-state index is 0.0376. The molecule has 1 aliphatic carbocycles. The first-order valence-electron chi connectivity index (χ1n) is 5.80. The Hall–Kier alpha value is -2.17. The predicted molar refractivity (Wildman–Crippen MR) is 66.9 cm³/mol. The molecule has 0 aliphatic heterocycles. The van der Waals surface area contributed by atoms with Crippen LogP contribution in [0.4, 0.5) is 5.82 Å². The summed E-state index contributed by atoms with van der Waals surface area (Å²) in [6.07, 6.45) is 6.83. The van der Waals surface area contributed by atoms with Crippen molar-refractivity contribution in [2.75, 3.05) is 5.32 Å². The van der Waals surface area contributed by atoms with Gasteiger partial charge in [-0.25, -0.2) is 9.78 Å². The molecule has 0 radical (unpaired) electrons. The highest BCUT2D eigenvalue weighted by Crippen LogP contribution is 2.32. The van der Waals surface area contributed by atoms with Crippen LogP contribution in [0.1, 0.15) is 24.8 Å². The summed E-state index contributed by atoms with van der Waals surface area (Å²) in [4.78, 5) is 26.0. The Labute approximate surface area is 105 Å². The van der Waals surface area contributed by atoms with Crippen LogP contribution >= 0.6 is 0 Å². The SMILES string of the molecule is O=C(O)/C=C/c1ccnc(NC(=O)CC2CC2)c1. The molecular weight excluding hydrogens is 232 g/mol. The quantitative estimate of drug-likeness (QED) is 0.778. The Balaban J connectivity index is 1.97. The van der Waals surface area contributed by atoms with E-state index in [1.54, 1.807) is 12.1 Å². The number of carboxylic acid groups (broad SMARTS) is 1. The molecule has 0 atom stereocenters. The highest BCUT2D eigenvalue weighted by molar-refractivity contribution is 5.90. The third-order valence-corrected chi connectivity index (χ3v) is 2.64. The number of nitrogens with zero attached hydrogens (tertiary/aromatic N) is 1. The van der Waals surface area contributed by atoms with Gasteiger partial charge in [-0.2, -0.15) is 0 Å². The average molecular weight is 246 g/mol. The number of amides is 1. The molecule has 94 valence electrons. The molecule has 5 nitrogen and oxygen atoms in total. The lowest BCUT2D eigenvalue weighted by Crippen LogP contribution is -2.12. The number of aromatic nitrogens is 1. The molecule has 0 unspecified atom stereocenters. The second kappa shape index (κ2) is 5.44. The fraction of sp³-hybridized carbons (Fsp3) is 0.308. The molecule has 2 N–H and O–H groups in total. The van der Waals surface area contributed by atoms with E-state index in [1.165, 1.54) is 12.3 Å². The molecular formula is C13H14N2O3. The summed E-state index contributed by atoms with van der Waals surface area (Å²) in [6.45, 7) is 0. The molecule has 0 aromatic carbocycles. The minimum atomic E-state index is -1.01. The maximum absolute atomic E-state index is 11.6. The van der Waals surface area contributed by atoms with Crippen molar-refractivity contribution < 1.29 is 14.7 Å². The number of anilines is 1. The number of nitrogens with one attached hydrogen (secondary N) is 1. The van der Waals surface area contributed by atoms with Gasteiger partial charge in [-0.1, -0.05) is 0 Å². The van der Waals surface area contributed by atoms with E-state index in [1.807, 2.05) is 0 Å². The van der Waals surface area contributed by atoms with Crippen LogP contribution in [-0.2, 0) is 9.59 Å². The van der Waals surface area contributed by atoms with Gasteiger partial charge < -0.3 is 10.4 Å². The molecule has 0 spiro atoms. The Kier molecular flexibility index (Phi) is 3.72. The normalized spacial score (nSPS) is 14.7. The standard InChI is InChI=1S/C13H14N2O3/c16-12(8-9-1-2-9)15-11-7-10(5-6-14-11)3-4-13(17)18/h3-7,9H,1-2,8H2,(H,17,18)(H,14,15,16)/b4-3+. The van der Waals surface area contributed by atoms with Crippen LogP contribution in [0.2, 0.25) is 0 Å². The molecule has 1 fully saturated rings. The van der Waals surface area contributed by atoms with E-state index in [2.05, 4.69) is 10.3 Å². The van der Waals surface area contributed by atoms with E-state index < -0.39 is 5.97 Å². The first-order valence-corrected chi connectivity index (χ1v) is 5.80. The second-order valence-electron chi connectivity index (χ2n) is 4.34. The van der Waals surface area contributed by atoms with Crippen LogP contribution in [0.3, 0.4) is 0 Å². The zero-order valence-electron chi connectivity index (χ0n) is 9.80. The highest BCUT2D eigenvalue weighted by Gasteiger charge is 2.24. The lowest BCUT2D eigenvalue weighted by Gasteiger charge is -2.04. The summed E-state index contributed by atoms with van der Waals surface area (Å²) in [5, 5.41) is 11.2. The van der Waals surface area contributed by atoms with Crippen molar-refractivity contribution in [2.45, 2.75) is 19.3 Å². The molecule has 1 aromatic rings. The lowest BCUT2D eigenvalue weighted by atomic mass is 10.2. The molecule has 5 heteroatoms. The van der Waals surface area contributed by atoms with E-state index in [4.69, 9.17) is 5.11 Å². The van der Waals surface area contributed by atoms with Gasteiger partial charge in [-0.15, -0.1) is 0 Å². The topological polar surface area (TPSA) is 79.3 Å². The number of aliphatic carboxylic acids is 1. The van der Waals surface area contributed by atoms with E-state index in [9.17, 15) is 9.59 Å². The molecule has 1 saturated carbocycles. The summed E-state index contributed by atoms with van der Waals surface area (Å²) < 4.78 is 0. The first kappa shape index (κ1) is 12.3. The van der Waals surface area contributed by atoms with Crippen molar-refractivity contribution in [1.82, 2.24) is 4.98 Å². The highest BCUT2D eigenvalue weighted by atomic mass is 16.4. The van der Waals surface area contributed by atoms with Gasteiger partial charge in [-0.05, 0) is 42.5 Å². The maximum Gasteiger partial charge on any atom is 0.328 e. The number of carbonyl (C=O) groups excluding carboxylic acids is 1. The third kappa shape index (κ3) is 4.01. The second-order valence-corrected chi connectivity index (χ2v) is 4.34. The first-order chi connectivity index (χ1) is 8.63. The summed E-state index contributed by atoms with van der Waals surface area (Å²) in [5.41, 5.74) is 0.689. The van der Waals surface area contributed by atoms with Crippen LogP contribution in [0.5, 0.6) is 0 Å². The van der Waals surface area contributed by atoms with Gasteiger partial charge >= 0.3 is 5.97 Å². The minimum Gasteiger partial charge on any atom is -0.478 e. The maximum atomic E-state index is 11.6. The third-order valence-electron chi connectivity index (χ3n) is 2.64. The summed E-state index contributed by atoms with van der Waals surface area (Å²) >= 11 is 0. The van der Waals surface area contributed by atoms with Crippen LogP contribution in [0, 0.1) is 5.92 Å². The number of carboxylic acids is 1. The monoisotopic (exact) mass is 246 g/mol. The zero-order valence-corrected chi connectivity index (χ0v) is 9.80. The van der Waals surface area contributed by atoms with Crippen molar-refractivity contribution in [1.29, 1.82) is 0 Å². The number of rotatable bonds is 5. The number of hydrogen-bond donors (Lipinski definition) is 2. The molecule has 2 rings (SSSR count). The van der Waals surface area contributed by atoms with Gasteiger partial charge in [0.2, 0.25) is 5.91 Å². The molecule has 1 heterocycles. The van der Waals surface area contributed by atoms with Crippen molar-refractivity contribution in [3.05, 3.63) is 30.0 Å². The van der Waals surface area contributed by atoms with Gasteiger partial charge in [-0.3, -0.25) is 4.79 Å². The van der Waals surface area contributed by atoms with Gasteiger partial charge in [0.05, 0.1) is 0 Å². The molecule has 1 aromatic heterocycles. The smallest absolute Gasteiger partial charge is 0.328 e. The van der Waals surface area contributed by atoms with E-state index >= 15 is 0 Å². The Morgan fingerprint density at radius 2 is 2.28 bits per heavy atom. The van der Waals surface area contributed by atoms with Crippen LogP contribution in [-0.4, -0.2) is 22.0 Å². The van der Waals surface area contributed by atoms with Crippen LogP contribution in [0.15, 0.2) is 24.4 Å². The lowest BCUT2D eigenvalue weighted by molar-refractivity contribution is -0.131. The van der Waals surface area contributed by atoms with Crippen LogP contribution < -0.4 is 5.32 Å². The Morgan fingerprint density at radius 1 is 1.50 bits per heavy atom. The predicted octanol–water partition coefficient (Wildman–Crippen LogP) is 1.92. The van der Waals surface area contributed by atoms with Crippen molar-refractivity contribution in [2.24, 2.45) is 5.92 Å². The van der Waals surface area contributed by atoms with Gasteiger partial charge in [0.25, 0.3) is 0 Å². The molecule has 18 heavy (non-hydrogen) atoms. The van der Waals surface area contributed by atoms with Gasteiger partial charge in [0.15, 0.2) is 0 Å². The van der Waals surface area contributed by atoms with E-state index in [0.29, 0.717) is 23.7 Å². The fourth-order valence-corrected chi connectivity index (χ4v) is 1.56. The van der Waals surface area contributed by atoms with Crippen molar-refractivity contribution >= 4 is 23.8 Å².